The monoisotopic (exact) mass is 305 g/mol. The molecule has 0 aromatic carbocycles. The fourth-order valence-corrected chi connectivity index (χ4v) is 4.36. The van der Waals surface area contributed by atoms with E-state index in [1.807, 2.05) is 6.92 Å². The second-order valence-corrected chi connectivity index (χ2v) is 7.09. The third kappa shape index (κ3) is 4.87. The van der Waals surface area contributed by atoms with E-state index in [1.54, 1.807) is 0 Å². The highest BCUT2D eigenvalue weighted by molar-refractivity contribution is 4.91. The van der Waals surface area contributed by atoms with Gasteiger partial charge in [-0.15, -0.1) is 0 Å². The maximum atomic E-state index is 13.2. The van der Waals surface area contributed by atoms with Gasteiger partial charge >= 0.3 is 6.18 Å². The summed E-state index contributed by atoms with van der Waals surface area (Å²) in [5, 5.41) is 3.42. The molecule has 0 radical (unpaired) electrons. The van der Waals surface area contributed by atoms with E-state index < -0.39 is 12.1 Å². The summed E-state index contributed by atoms with van der Waals surface area (Å²) in [5.74, 6) is -0.964. The van der Waals surface area contributed by atoms with Crippen LogP contribution in [0.3, 0.4) is 0 Å². The van der Waals surface area contributed by atoms with Gasteiger partial charge < -0.3 is 5.32 Å². The molecule has 1 saturated heterocycles. The van der Waals surface area contributed by atoms with E-state index >= 15 is 0 Å². The van der Waals surface area contributed by atoms with Gasteiger partial charge in [-0.25, -0.2) is 0 Å². The van der Waals surface area contributed by atoms with Crippen molar-refractivity contribution in [1.82, 2.24) is 5.32 Å². The summed E-state index contributed by atoms with van der Waals surface area (Å²) >= 11 is 0. The molecule has 2 fully saturated rings. The lowest BCUT2D eigenvalue weighted by Gasteiger charge is -2.42. The number of hydrogen-bond acceptors (Lipinski definition) is 1. The summed E-state index contributed by atoms with van der Waals surface area (Å²) in [4.78, 5) is 0. The van der Waals surface area contributed by atoms with E-state index in [9.17, 15) is 13.2 Å². The van der Waals surface area contributed by atoms with Gasteiger partial charge in [0.2, 0.25) is 0 Å². The highest BCUT2D eigenvalue weighted by Gasteiger charge is 2.48. The van der Waals surface area contributed by atoms with Gasteiger partial charge in [0.05, 0.1) is 5.92 Å². The molecule has 1 aliphatic heterocycles. The van der Waals surface area contributed by atoms with Crippen LogP contribution in [0, 0.1) is 17.8 Å². The van der Waals surface area contributed by atoms with Gasteiger partial charge in [-0.05, 0) is 37.6 Å². The Bertz CT molecular complexity index is 293. The molecule has 2 aliphatic rings. The van der Waals surface area contributed by atoms with Gasteiger partial charge in [0.1, 0.15) is 0 Å². The van der Waals surface area contributed by atoms with Crippen LogP contribution in [0.5, 0.6) is 0 Å². The van der Waals surface area contributed by atoms with Gasteiger partial charge in [0.15, 0.2) is 0 Å². The summed E-state index contributed by atoms with van der Waals surface area (Å²) in [7, 11) is 0. The van der Waals surface area contributed by atoms with Gasteiger partial charge in [-0.2, -0.15) is 13.2 Å². The maximum Gasteiger partial charge on any atom is 0.392 e. The van der Waals surface area contributed by atoms with Gasteiger partial charge in [-0.3, -0.25) is 0 Å². The topological polar surface area (TPSA) is 12.0 Å². The zero-order valence-electron chi connectivity index (χ0n) is 13.2. The number of alkyl halides is 3. The summed E-state index contributed by atoms with van der Waals surface area (Å²) < 4.78 is 39.5. The van der Waals surface area contributed by atoms with E-state index in [2.05, 4.69) is 5.32 Å². The van der Waals surface area contributed by atoms with Gasteiger partial charge in [-0.1, -0.05) is 51.9 Å². The summed E-state index contributed by atoms with van der Waals surface area (Å²) in [6, 6.07) is 0.0600. The summed E-state index contributed by atoms with van der Waals surface area (Å²) in [5.41, 5.74) is 0. The van der Waals surface area contributed by atoms with Crippen molar-refractivity contribution in [1.29, 1.82) is 0 Å². The third-order valence-corrected chi connectivity index (χ3v) is 5.61. The molecule has 21 heavy (non-hydrogen) atoms. The average molecular weight is 305 g/mol. The van der Waals surface area contributed by atoms with Crippen LogP contribution >= 0.6 is 0 Å². The van der Waals surface area contributed by atoms with Crippen LogP contribution in [0.4, 0.5) is 13.2 Å². The minimum absolute atomic E-state index is 0.0600. The Morgan fingerprint density at radius 3 is 1.86 bits per heavy atom. The molecular weight excluding hydrogens is 275 g/mol. The number of halogens is 3. The van der Waals surface area contributed by atoms with Crippen LogP contribution < -0.4 is 5.32 Å². The second-order valence-electron chi connectivity index (χ2n) is 7.09. The average Bonchev–Trinajstić information content (AvgIpc) is 2.44. The molecule has 4 heteroatoms. The van der Waals surface area contributed by atoms with Crippen molar-refractivity contribution in [3.8, 4) is 0 Å². The number of rotatable bonds is 1. The zero-order chi connectivity index (χ0) is 15.3. The number of hydrogen-bond donors (Lipinski definition) is 1. The first-order valence-corrected chi connectivity index (χ1v) is 8.80. The van der Waals surface area contributed by atoms with Crippen molar-refractivity contribution in [3.05, 3.63) is 0 Å². The zero-order valence-corrected chi connectivity index (χ0v) is 13.2. The van der Waals surface area contributed by atoms with Crippen LogP contribution in [0.25, 0.3) is 0 Å². The lowest BCUT2D eigenvalue weighted by Crippen LogP contribution is -2.52. The van der Waals surface area contributed by atoms with Crippen molar-refractivity contribution in [3.63, 3.8) is 0 Å². The Morgan fingerprint density at radius 2 is 1.33 bits per heavy atom. The Hall–Kier alpha value is -0.250. The lowest BCUT2D eigenvalue weighted by molar-refractivity contribution is -0.198. The van der Waals surface area contributed by atoms with Crippen molar-refractivity contribution in [2.24, 2.45) is 17.8 Å². The highest BCUT2D eigenvalue weighted by Crippen LogP contribution is 2.41. The molecule has 3 unspecified atom stereocenters. The molecule has 0 amide bonds. The van der Waals surface area contributed by atoms with E-state index in [1.165, 1.54) is 44.9 Å². The van der Waals surface area contributed by atoms with E-state index in [0.717, 1.165) is 12.8 Å². The normalized spacial score (nSPS) is 34.6. The predicted molar refractivity (Wildman–Crippen MR) is 80.2 cm³/mol. The Balaban J connectivity index is 1.99. The fourth-order valence-electron chi connectivity index (χ4n) is 4.36. The van der Waals surface area contributed by atoms with E-state index in [4.69, 9.17) is 0 Å². The Labute approximate surface area is 127 Å². The molecule has 1 aliphatic carbocycles. The molecule has 0 bridgehead atoms. The molecule has 124 valence electrons. The van der Waals surface area contributed by atoms with Crippen molar-refractivity contribution in [2.75, 3.05) is 6.54 Å². The molecular formula is C17H30F3N. The molecule has 1 saturated carbocycles. The molecule has 1 N–H and O–H groups in total. The molecule has 2 rings (SSSR count). The van der Waals surface area contributed by atoms with Crippen molar-refractivity contribution in [2.45, 2.75) is 83.4 Å². The highest BCUT2D eigenvalue weighted by atomic mass is 19.4. The van der Waals surface area contributed by atoms with Crippen LogP contribution in [-0.2, 0) is 0 Å². The van der Waals surface area contributed by atoms with Crippen LogP contribution in [-0.4, -0.2) is 18.8 Å². The summed E-state index contributed by atoms with van der Waals surface area (Å²) in [6.45, 7) is 2.34. The molecule has 0 aromatic heterocycles. The van der Waals surface area contributed by atoms with Crippen LogP contribution in [0.1, 0.15) is 71.1 Å². The van der Waals surface area contributed by atoms with E-state index in [0.29, 0.717) is 12.5 Å². The number of nitrogens with one attached hydrogen (secondary N) is 1. The maximum absolute atomic E-state index is 13.2. The smallest absolute Gasteiger partial charge is 0.313 e. The molecule has 0 spiro atoms. The van der Waals surface area contributed by atoms with Crippen LogP contribution in [0.2, 0.25) is 0 Å². The molecule has 3 atom stereocenters. The minimum atomic E-state index is -4.03. The van der Waals surface area contributed by atoms with Crippen molar-refractivity contribution >= 4 is 0 Å². The van der Waals surface area contributed by atoms with Gasteiger partial charge in [0.25, 0.3) is 0 Å². The molecule has 1 heterocycles. The quantitative estimate of drug-likeness (QED) is 0.693. The Morgan fingerprint density at radius 1 is 0.810 bits per heavy atom. The first kappa shape index (κ1) is 17.1. The van der Waals surface area contributed by atoms with E-state index in [-0.39, 0.29) is 18.4 Å². The van der Waals surface area contributed by atoms with Crippen LogP contribution in [0.15, 0.2) is 0 Å². The second kappa shape index (κ2) is 7.85. The number of piperidine rings is 1. The summed E-state index contributed by atoms with van der Waals surface area (Å²) in [6.07, 6.45) is 7.22. The lowest BCUT2D eigenvalue weighted by atomic mass is 9.73. The third-order valence-electron chi connectivity index (χ3n) is 5.61. The fraction of sp³-hybridized carbons (Fsp3) is 1.00. The molecule has 1 nitrogen and oxygen atoms in total. The first-order valence-electron chi connectivity index (χ1n) is 8.80. The molecule has 0 aromatic rings. The predicted octanol–water partition coefficient (Wildman–Crippen LogP) is 5.30. The minimum Gasteiger partial charge on any atom is -0.313 e. The Kier molecular flexibility index (Phi) is 6.39. The SMILES string of the molecule is CC1C(C2CCCCCCCCC2)NCCC1C(F)(F)F. The van der Waals surface area contributed by atoms with Crippen molar-refractivity contribution < 1.29 is 13.2 Å². The first-order chi connectivity index (χ1) is 10.00. The van der Waals surface area contributed by atoms with Gasteiger partial charge in [0, 0.05) is 6.04 Å². The standard InChI is InChI=1S/C17H30F3N/c1-13-15(17(18,19)20)11-12-21-16(13)14-9-7-5-3-2-4-6-8-10-14/h13-16,21H,2-12H2,1H3. The largest absolute Gasteiger partial charge is 0.392 e.